The van der Waals surface area contributed by atoms with E-state index in [9.17, 15) is 14.4 Å². The van der Waals surface area contributed by atoms with Crippen LogP contribution in [-0.2, 0) is 27.0 Å². The summed E-state index contributed by atoms with van der Waals surface area (Å²) in [5.41, 5.74) is 4.07. The van der Waals surface area contributed by atoms with E-state index in [1.165, 1.54) is 0 Å². The monoisotopic (exact) mass is 520 g/mol. The normalized spacial score (nSPS) is 16.5. The van der Waals surface area contributed by atoms with Gasteiger partial charge in [-0.25, -0.2) is 0 Å². The number of fused-ring (bicyclic) bond motifs is 4. The van der Waals surface area contributed by atoms with Gasteiger partial charge in [-0.1, -0.05) is 0 Å². The summed E-state index contributed by atoms with van der Waals surface area (Å²) in [6.07, 6.45) is 4.93. The average molecular weight is 521 g/mol. The van der Waals surface area contributed by atoms with Crippen LogP contribution in [0.5, 0.6) is 5.75 Å². The van der Waals surface area contributed by atoms with E-state index < -0.39 is 11.5 Å². The molecule has 3 aromatic rings. The van der Waals surface area contributed by atoms with Crippen LogP contribution in [0, 0.1) is 6.92 Å². The lowest BCUT2D eigenvalue weighted by molar-refractivity contribution is -0.138. The molecule has 1 aliphatic rings. The third-order valence-corrected chi connectivity index (χ3v) is 7.26. The van der Waals surface area contributed by atoms with Gasteiger partial charge >= 0.3 is 11.9 Å². The summed E-state index contributed by atoms with van der Waals surface area (Å²) >= 11 is 0. The molecule has 1 amide bonds. The van der Waals surface area contributed by atoms with Crippen LogP contribution in [-0.4, -0.2) is 59.6 Å². The summed E-state index contributed by atoms with van der Waals surface area (Å²) in [4.78, 5) is 38.4. The van der Waals surface area contributed by atoms with E-state index >= 15 is 0 Å². The predicted octanol–water partition coefficient (Wildman–Crippen LogP) is 3.66. The Labute approximate surface area is 222 Å². The Morgan fingerprint density at radius 1 is 1.13 bits per heavy atom. The van der Waals surface area contributed by atoms with E-state index in [1.807, 2.05) is 57.4 Å². The lowest BCUT2D eigenvalue weighted by atomic mass is 9.82. The molecule has 0 bridgehead atoms. The number of esters is 1. The van der Waals surface area contributed by atoms with Gasteiger partial charge in [0.05, 0.1) is 5.52 Å². The minimum Gasteiger partial charge on any atom is -0.481 e. The first-order valence-corrected chi connectivity index (χ1v) is 12.9. The van der Waals surface area contributed by atoms with Gasteiger partial charge in [0.15, 0.2) is 0 Å². The van der Waals surface area contributed by atoms with Gasteiger partial charge in [0.1, 0.15) is 11.3 Å². The van der Waals surface area contributed by atoms with Gasteiger partial charge in [0.2, 0.25) is 5.91 Å². The van der Waals surface area contributed by atoms with Crippen LogP contribution in [0.15, 0.2) is 30.5 Å². The van der Waals surface area contributed by atoms with Crippen molar-refractivity contribution in [1.29, 1.82) is 0 Å². The van der Waals surface area contributed by atoms with Gasteiger partial charge in [-0.05, 0) is 94.0 Å². The number of nitrogens with zero attached hydrogens (tertiary/aromatic N) is 2. The molecule has 1 aliphatic heterocycles. The van der Waals surface area contributed by atoms with Crippen molar-refractivity contribution in [2.75, 3.05) is 27.2 Å². The lowest BCUT2D eigenvalue weighted by Crippen LogP contribution is -2.52. The number of aliphatic carboxylic acids is 1. The molecule has 0 saturated heterocycles. The zero-order valence-corrected chi connectivity index (χ0v) is 22.7. The highest BCUT2D eigenvalue weighted by atomic mass is 16.5. The molecule has 0 spiro atoms. The van der Waals surface area contributed by atoms with E-state index in [2.05, 4.69) is 28.2 Å². The summed E-state index contributed by atoms with van der Waals surface area (Å²) in [5, 5.41) is 17.0. The molecule has 1 unspecified atom stereocenters. The molecule has 1 atom stereocenters. The van der Waals surface area contributed by atoms with Gasteiger partial charge in [-0.15, -0.1) is 0 Å². The van der Waals surface area contributed by atoms with Gasteiger partial charge in [0.25, 0.3) is 0 Å². The molecule has 38 heavy (non-hydrogen) atoms. The minimum absolute atomic E-state index is 0.0373. The molecule has 202 valence electrons. The molecular weight excluding hydrogens is 484 g/mol. The van der Waals surface area contributed by atoms with Crippen LogP contribution in [0.4, 0.5) is 0 Å². The first-order chi connectivity index (χ1) is 18.0. The SMILES string of the molecule is Cc1c2c(cc3c4cc(OC(=O)CCCCC(=O)O)ccc4n(C)c13)C(C)(C(=O)NCCN(C)C)NC=C2. The molecule has 2 heterocycles. The average Bonchev–Trinajstić information content (AvgIpc) is 3.13. The maximum Gasteiger partial charge on any atom is 0.311 e. The van der Waals surface area contributed by atoms with Gasteiger partial charge in [0, 0.05) is 49.3 Å². The van der Waals surface area contributed by atoms with E-state index in [-0.39, 0.29) is 24.7 Å². The van der Waals surface area contributed by atoms with Gasteiger partial charge in [-0.3, -0.25) is 14.4 Å². The third kappa shape index (κ3) is 5.24. The van der Waals surface area contributed by atoms with Crippen LogP contribution in [0.25, 0.3) is 27.9 Å². The number of hydrogen-bond acceptors (Lipinski definition) is 6. The fraction of sp³-hybridized carbons (Fsp3) is 0.414. The van der Waals surface area contributed by atoms with Crippen molar-refractivity contribution in [1.82, 2.24) is 20.1 Å². The van der Waals surface area contributed by atoms with E-state index in [4.69, 9.17) is 9.84 Å². The predicted molar refractivity (Wildman–Crippen MR) is 148 cm³/mol. The Balaban J connectivity index is 1.69. The maximum absolute atomic E-state index is 13.4. The number of carbonyl (C=O) groups is 3. The Kier molecular flexibility index (Phi) is 7.78. The van der Waals surface area contributed by atoms with Crippen molar-refractivity contribution < 1.29 is 24.2 Å². The Morgan fingerprint density at radius 2 is 1.87 bits per heavy atom. The number of carboxylic acids is 1. The third-order valence-electron chi connectivity index (χ3n) is 7.26. The lowest BCUT2D eigenvalue weighted by Gasteiger charge is -2.34. The second-order valence-electron chi connectivity index (χ2n) is 10.3. The minimum atomic E-state index is -0.947. The molecule has 0 saturated carbocycles. The maximum atomic E-state index is 13.4. The number of aryl methyl sites for hydroxylation is 2. The van der Waals surface area contributed by atoms with E-state index in [1.54, 1.807) is 6.07 Å². The van der Waals surface area contributed by atoms with Gasteiger partial charge < -0.3 is 29.9 Å². The highest BCUT2D eigenvalue weighted by Crippen LogP contribution is 2.40. The molecule has 9 heteroatoms. The second-order valence-corrected chi connectivity index (χ2v) is 10.3. The number of amides is 1. The highest BCUT2D eigenvalue weighted by Gasteiger charge is 2.38. The molecule has 2 aromatic carbocycles. The van der Waals surface area contributed by atoms with Crippen molar-refractivity contribution >= 4 is 45.7 Å². The number of benzene rings is 2. The van der Waals surface area contributed by atoms with Crippen molar-refractivity contribution in [2.45, 2.75) is 45.1 Å². The number of rotatable bonds is 10. The van der Waals surface area contributed by atoms with Crippen molar-refractivity contribution in [3.63, 3.8) is 0 Å². The molecule has 0 fully saturated rings. The number of carbonyl (C=O) groups excluding carboxylic acids is 2. The molecule has 9 nitrogen and oxygen atoms in total. The zero-order valence-electron chi connectivity index (χ0n) is 22.7. The number of unbranched alkanes of at least 4 members (excludes halogenated alkanes) is 1. The fourth-order valence-corrected chi connectivity index (χ4v) is 5.15. The number of hydrogen-bond donors (Lipinski definition) is 3. The van der Waals surface area contributed by atoms with Gasteiger partial charge in [-0.2, -0.15) is 0 Å². The van der Waals surface area contributed by atoms with Crippen molar-refractivity contribution in [3.05, 3.63) is 47.2 Å². The summed E-state index contributed by atoms with van der Waals surface area (Å²) in [6, 6.07) is 7.64. The van der Waals surface area contributed by atoms with Crippen molar-refractivity contribution in [3.8, 4) is 5.75 Å². The fourth-order valence-electron chi connectivity index (χ4n) is 5.15. The number of nitrogens with one attached hydrogen (secondary N) is 2. The quantitative estimate of drug-likeness (QED) is 0.212. The van der Waals surface area contributed by atoms with E-state index in [0.717, 1.165) is 45.0 Å². The second kappa shape index (κ2) is 10.9. The van der Waals surface area contributed by atoms with Crippen LogP contribution < -0.4 is 15.4 Å². The molecule has 3 N–H and O–H groups in total. The Bertz CT molecular complexity index is 1440. The Hall–Kier alpha value is -3.85. The first-order valence-electron chi connectivity index (χ1n) is 12.9. The summed E-state index contributed by atoms with van der Waals surface area (Å²) in [7, 11) is 5.95. The largest absolute Gasteiger partial charge is 0.481 e. The van der Waals surface area contributed by atoms with Crippen LogP contribution in [0.2, 0.25) is 0 Å². The number of aromatic nitrogens is 1. The first kappa shape index (κ1) is 27.2. The summed E-state index contributed by atoms with van der Waals surface area (Å²) in [5.74, 6) is -0.919. The molecule has 1 aromatic heterocycles. The topological polar surface area (TPSA) is 113 Å². The summed E-state index contributed by atoms with van der Waals surface area (Å²) < 4.78 is 7.71. The Morgan fingerprint density at radius 3 is 2.58 bits per heavy atom. The van der Waals surface area contributed by atoms with Crippen LogP contribution >= 0.6 is 0 Å². The highest BCUT2D eigenvalue weighted by molar-refractivity contribution is 6.11. The molecule has 0 aliphatic carbocycles. The van der Waals surface area contributed by atoms with Crippen molar-refractivity contribution in [2.24, 2.45) is 7.05 Å². The van der Waals surface area contributed by atoms with Crippen LogP contribution in [0.3, 0.4) is 0 Å². The summed E-state index contributed by atoms with van der Waals surface area (Å²) in [6.45, 7) is 5.25. The molecule has 4 rings (SSSR count). The van der Waals surface area contributed by atoms with E-state index in [0.29, 0.717) is 25.1 Å². The smallest absolute Gasteiger partial charge is 0.311 e. The molecule has 0 radical (unpaired) electrons. The number of ether oxygens (including phenoxy) is 1. The molecular formula is C29H36N4O5. The number of carboxylic acid groups (broad SMARTS) is 1. The zero-order chi connectivity index (χ0) is 27.6. The number of likely N-dealkylation sites (N-methyl/N-ethyl adjacent to an activating group) is 1. The standard InChI is InChI=1S/C29H36N4O5/c1-18-20-12-13-31-29(2,28(37)30-14-15-32(3)4)23(20)17-22-21-16-19(10-11-24(21)33(5)27(18)22)38-26(36)9-7-6-8-25(34)35/h10-13,16-17,31H,6-9,14-15H2,1-5H3,(H,30,37)(H,34,35). The van der Waals surface area contributed by atoms with Crippen LogP contribution in [0.1, 0.15) is 49.3 Å².